The van der Waals surface area contributed by atoms with Crippen molar-refractivity contribution in [2.75, 3.05) is 19.6 Å². The molecule has 19 heavy (non-hydrogen) atoms. The number of sulfonamides is 1. The van der Waals surface area contributed by atoms with Crippen molar-refractivity contribution in [1.29, 1.82) is 0 Å². The highest BCUT2D eigenvalue weighted by Gasteiger charge is 2.36. The number of hydrogen-bond donors (Lipinski definition) is 3. The van der Waals surface area contributed by atoms with Crippen molar-refractivity contribution in [1.82, 2.24) is 9.62 Å². The minimum atomic E-state index is -3.84. The Morgan fingerprint density at radius 3 is 2.68 bits per heavy atom. The molecule has 1 aliphatic rings. The van der Waals surface area contributed by atoms with Gasteiger partial charge in [-0.1, -0.05) is 0 Å². The molecule has 0 aliphatic carbocycles. The molecule has 1 heterocycles. The number of nitrogens with two attached hydrogens (primary N) is 1. The number of aliphatic carboxylic acids is 1. The lowest BCUT2D eigenvalue weighted by molar-refractivity contribution is -0.136. The van der Waals surface area contributed by atoms with Gasteiger partial charge in [0.2, 0.25) is 10.0 Å². The summed E-state index contributed by atoms with van der Waals surface area (Å²) in [6.45, 7) is 1.97. The molecule has 1 rings (SSSR count). The predicted molar refractivity (Wildman–Crippen MR) is 67.9 cm³/mol. The van der Waals surface area contributed by atoms with Crippen LogP contribution in [-0.2, 0) is 14.8 Å². The van der Waals surface area contributed by atoms with Crippen LogP contribution in [0.1, 0.15) is 19.8 Å². The lowest BCUT2D eigenvalue weighted by Gasteiger charge is -2.32. The van der Waals surface area contributed by atoms with Crippen molar-refractivity contribution in [2.24, 2.45) is 11.7 Å². The molecule has 2 atom stereocenters. The van der Waals surface area contributed by atoms with Crippen molar-refractivity contribution in [3.8, 4) is 0 Å². The first-order chi connectivity index (χ1) is 8.75. The van der Waals surface area contributed by atoms with Crippen LogP contribution in [-0.4, -0.2) is 54.7 Å². The largest absolute Gasteiger partial charge is 0.480 e. The number of primary amides is 1. The predicted octanol–water partition coefficient (Wildman–Crippen LogP) is -0.830. The number of carbonyl (C=O) groups is 2. The molecule has 1 saturated heterocycles. The molecule has 8 nitrogen and oxygen atoms in total. The van der Waals surface area contributed by atoms with Crippen LogP contribution in [0.4, 0.5) is 4.79 Å². The molecule has 0 spiro atoms. The molecule has 9 heteroatoms. The van der Waals surface area contributed by atoms with E-state index in [1.165, 1.54) is 4.31 Å². The maximum absolute atomic E-state index is 12.0. The molecule has 1 fully saturated rings. The monoisotopic (exact) mass is 293 g/mol. The van der Waals surface area contributed by atoms with Gasteiger partial charge in [-0.25, -0.2) is 17.5 Å². The van der Waals surface area contributed by atoms with Gasteiger partial charge in [0.15, 0.2) is 5.25 Å². The summed E-state index contributed by atoms with van der Waals surface area (Å²) in [4.78, 5) is 21.4. The summed E-state index contributed by atoms with van der Waals surface area (Å²) >= 11 is 0. The molecule has 0 aromatic heterocycles. The Morgan fingerprint density at radius 1 is 1.53 bits per heavy atom. The first-order valence-corrected chi connectivity index (χ1v) is 7.50. The normalized spacial score (nSPS) is 22.7. The van der Waals surface area contributed by atoms with Gasteiger partial charge in [-0.15, -0.1) is 0 Å². The Kier molecular flexibility index (Phi) is 5.12. The third-order valence-corrected chi connectivity index (χ3v) is 5.35. The second kappa shape index (κ2) is 6.20. The first-order valence-electron chi connectivity index (χ1n) is 6.00. The average molecular weight is 293 g/mol. The van der Waals surface area contributed by atoms with E-state index in [1.807, 2.05) is 0 Å². The van der Waals surface area contributed by atoms with Crippen LogP contribution in [0.3, 0.4) is 0 Å². The molecular formula is C10H19N3O5S. The van der Waals surface area contributed by atoms with E-state index in [-0.39, 0.29) is 12.5 Å². The van der Waals surface area contributed by atoms with Gasteiger partial charge in [0, 0.05) is 19.6 Å². The van der Waals surface area contributed by atoms with Crippen LogP contribution < -0.4 is 11.1 Å². The second-order valence-corrected chi connectivity index (χ2v) is 6.89. The number of rotatable bonds is 5. The zero-order valence-corrected chi connectivity index (χ0v) is 11.5. The summed E-state index contributed by atoms with van der Waals surface area (Å²) in [6.07, 6.45) is 1.41. The Bertz CT molecular complexity index is 450. The van der Waals surface area contributed by atoms with Crippen LogP contribution in [0.5, 0.6) is 0 Å². The quantitative estimate of drug-likeness (QED) is 0.609. The van der Waals surface area contributed by atoms with Crippen molar-refractivity contribution in [3.05, 3.63) is 0 Å². The van der Waals surface area contributed by atoms with Gasteiger partial charge in [-0.3, -0.25) is 4.79 Å². The highest BCUT2D eigenvalue weighted by Crippen LogP contribution is 2.21. The van der Waals surface area contributed by atoms with E-state index in [0.717, 1.165) is 13.3 Å². The van der Waals surface area contributed by atoms with E-state index in [1.54, 1.807) is 0 Å². The van der Waals surface area contributed by atoms with Crippen molar-refractivity contribution < 1.29 is 23.1 Å². The molecule has 4 N–H and O–H groups in total. The summed E-state index contributed by atoms with van der Waals surface area (Å²) < 4.78 is 25.3. The SMILES string of the molecule is CC(C(=O)O)S(=O)(=O)N1CCCC(CNC(N)=O)C1. The smallest absolute Gasteiger partial charge is 0.323 e. The summed E-state index contributed by atoms with van der Waals surface area (Å²) in [6, 6.07) is -0.654. The van der Waals surface area contributed by atoms with Crippen LogP contribution in [0.25, 0.3) is 0 Å². The number of carboxylic acid groups (broad SMARTS) is 1. The van der Waals surface area contributed by atoms with Gasteiger partial charge in [0.25, 0.3) is 0 Å². The van der Waals surface area contributed by atoms with E-state index in [2.05, 4.69) is 5.32 Å². The highest BCUT2D eigenvalue weighted by atomic mass is 32.2. The zero-order chi connectivity index (χ0) is 14.6. The van der Waals surface area contributed by atoms with Gasteiger partial charge >= 0.3 is 12.0 Å². The van der Waals surface area contributed by atoms with Crippen molar-refractivity contribution in [3.63, 3.8) is 0 Å². The summed E-state index contributed by atoms with van der Waals surface area (Å²) in [5.74, 6) is -1.41. The Hall–Kier alpha value is -1.35. The molecule has 1 aliphatic heterocycles. The number of carboxylic acids is 1. The van der Waals surface area contributed by atoms with Gasteiger partial charge in [-0.05, 0) is 25.7 Å². The number of urea groups is 1. The fourth-order valence-electron chi connectivity index (χ4n) is 2.02. The van der Waals surface area contributed by atoms with E-state index < -0.39 is 27.3 Å². The van der Waals surface area contributed by atoms with Gasteiger partial charge < -0.3 is 16.2 Å². The topological polar surface area (TPSA) is 130 Å². The Balaban J connectivity index is 2.68. The fraction of sp³-hybridized carbons (Fsp3) is 0.800. The molecule has 2 unspecified atom stereocenters. The average Bonchev–Trinajstić information content (AvgIpc) is 2.35. The van der Waals surface area contributed by atoms with Crippen LogP contribution in [0.2, 0.25) is 0 Å². The van der Waals surface area contributed by atoms with E-state index >= 15 is 0 Å². The number of amides is 2. The second-order valence-electron chi connectivity index (χ2n) is 4.64. The van der Waals surface area contributed by atoms with Gasteiger partial charge in [-0.2, -0.15) is 0 Å². The molecular weight excluding hydrogens is 274 g/mol. The van der Waals surface area contributed by atoms with E-state index in [4.69, 9.17) is 10.8 Å². The number of nitrogens with one attached hydrogen (secondary N) is 1. The van der Waals surface area contributed by atoms with Crippen molar-refractivity contribution >= 4 is 22.0 Å². The third-order valence-electron chi connectivity index (χ3n) is 3.20. The maximum Gasteiger partial charge on any atom is 0.323 e. The minimum Gasteiger partial charge on any atom is -0.480 e. The minimum absolute atomic E-state index is 0.0444. The lowest BCUT2D eigenvalue weighted by Crippen LogP contribution is -2.48. The van der Waals surface area contributed by atoms with E-state index in [0.29, 0.717) is 19.5 Å². The van der Waals surface area contributed by atoms with Crippen LogP contribution in [0.15, 0.2) is 0 Å². The lowest BCUT2D eigenvalue weighted by atomic mass is 10.00. The number of piperidine rings is 1. The summed E-state index contributed by atoms with van der Waals surface area (Å²) in [7, 11) is -3.84. The Labute approximate surface area is 112 Å². The highest BCUT2D eigenvalue weighted by molar-refractivity contribution is 7.90. The molecule has 110 valence electrons. The number of hydrogen-bond acceptors (Lipinski definition) is 4. The van der Waals surface area contributed by atoms with E-state index in [9.17, 15) is 18.0 Å². The molecule has 0 aromatic carbocycles. The molecule has 0 aromatic rings. The number of carbonyl (C=O) groups excluding carboxylic acids is 1. The maximum atomic E-state index is 12.0. The molecule has 0 radical (unpaired) electrons. The van der Waals surface area contributed by atoms with Gasteiger partial charge in [0.05, 0.1) is 0 Å². The standard InChI is InChI=1S/C10H19N3O5S/c1-7(9(14)15)19(17,18)13-4-2-3-8(6-13)5-12-10(11)16/h7-8H,2-6H2,1H3,(H,14,15)(H3,11,12,16). The Morgan fingerprint density at radius 2 is 2.16 bits per heavy atom. The molecule has 0 saturated carbocycles. The van der Waals surface area contributed by atoms with Gasteiger partial charge in [0.1, 0.15) is 0 Å². The third kappa shape index (κ3) is 4.06. The number of nitrogens with zero attached hydrogens (tertiary/aromatic N) is 1. The zero-order valence-electron chi connectivity index (χ0n) is 10.7. The van der Waals surface area contributed by atoms with Crippen LogP contribution in [0, 0.1) is 5.92 Å². The fourth-order valence-corrected chi connectivity index (χ4v) is 3.52. The molecule has 2 amide bonds. The summed E-state index contributed by atoms with van der Waals surface area (Å²) in [5.41, 5.74) is 4.96. The molecule has 0 bridgehead atoms. The van der Waals surface area contributed by atoms with Crippen LogP contribution >= 0.6 is 0 Å². The first kappa shape index (κ1) is 15.7. The van der Waals surface area contributed by atoms with Crippen molar-refractivity contribution in [2.45, 2.75) is 25.0 Å². The summed E-state index contributed by atoms with van der Waals surface area (Å²) in [5, 5.41) is 9.79.